The molecule has 0 saturated heterocycles. The highest BCUT2D eigenvalue weighted by molar-refractivity contribution is 6.25. The minimum atomic E-state index is 0. The molecule has 18 heavy (non-hydrogen) atoms. The van der Waals surface area contributed by atoms with E-state index >= 15 is 0 Å². The van der Waals surface area contributed by atoms with Gasteiger partial charge in [-0.3, -0.25) is 0 Å². The molecule has 0 aliphatic carbocycles. The molecule has 1 nitrogen and oxygen atoms in total. The SMILES string of the molecule is C.C=CCl.CCC(NC)C(C)Cc1ccccc1. The molecule has 0 spiro atoms. The highest BCUT2D eigenvalue weighted by Crippen LogP contribution is 2.13. The average Bonchev–Trinajstić information content (AvgIpc) is 2.33. The Morgan fingerprint density at radius 2 is 1.83 bits per heavy atom. The van der Waals surface area contributed by atoms with Crippen molar-refractivity contribution in [2.45, 2.75) is 40.2 Å². The first-order valence-corrected chi connectivity index (χ1v) is 6.55. The fourth-order valence-corrected chi connectivity index (χ4v) is 2.02. The van der Waals surface area contributed by atoms with E-state index in [1.807, 2.05) is 0 Å². The van der Waals surface area contributed by atoms with Crippen LogP contribution in [0.25, 0.3) is 0 Å². The van der Waals surface area contributed by atoms with Crippen molar-refractivity contribution in [2.75, 3.05) is 7.05 Å². The summed E-state index contributed by atoms with van der Waals surface area (Å²) in [6.07, 6.45) is 2.37. The van der Waals surface area contributed by atoms with Crippen molar-refractivity contribution in [3.63, 3.8) is 0 Å². The summed E-state index contributed by atoms with van der Waals surface area (Å²) < 4.78 is 0. The van der Waals surface area contributed by atoms with Crippen molar-refractivity contribution in [1.82, 2.24) is 5.32 Å². The Hall–Kier alpha value is -0.790. The summed E-state index contributed by atoms with van der Waals surface area (Å²) >= 11 is 4.76. The lowest BCUT2D eigenvalue weighted by atomic mass is 9.92. The van der Waals surface area contributed by atoms with Crippen LogP contribution >= 0.6 is 11.6 Å². The first-order chi connectivity index (χ1) is 8.19. The van der Waals surface area contributed by atoms with Crippen LogP contribution in [0.3, 0.4) is 0 Å². The lowest BCUT2D eigenvalue weighted by molar-refractivity contribution is 0.387. The van der Waals surface area contributed by atoms with Crippen molar-refractivity contribution < 1.29 is 0 Å². The molecule has 0 radical (unpaired) electrons. The Kier molecular flexibility index (Phi) is 13.7. The molecule has 0 bridgehead atoms. The quantitative estimate of drug-likeness (QED) is 0.804. The molecular formula is C16H28ClN. The monoisotopic (exact) mass is 269 g/mol. The molecule has 1 aromatic carbocycles. The fourth-order valence-electron chi connectivity index (χ4n) is 2.02. The second kappa shape index (κ2) is 12.7. The molecule has 0 aliphatic rings. The van der Waals surface area contributed by atoms with E-state index in [1.165, 1.54) is 23.9 Å². The van der Waals surface area contributed by atoms with E-state index in [1.54, 1.807) is 0 Å². The molecule has 0 amide bonds. The van der Waals surface area contributed by atoms with E-state index in [0.717, 1.165) is 0 Å². The van der Waals surface area contributed by atoms with Gasteiger partial charge < -0.3 is 5.32 Å². The number of hydrogen-bond acceptors (Lipinski definition) is 1. The van der Waals surface area contributed by atoms with Crippen LogP contribution in [-0.2, 0) is 6.42 Å². The molecule has 0 aromatic heterocycles. The zero-order valence-electron chi connectivity index (χ0n) is 11.1. The maximum absolute atomic E-state index is 4.76. The van der Waals surface area contributed by atoms with Gasteiger partial charge in [0.15, 0.2) is 0 Å². The molecule has 2 heteroatoms. The largest absolute Gasteiger partial charge is 0.317 e. The van der Waals surface area contributed by atoms with Gasteiger partial charge >= 0.3 is 0 Å². The average molecular weight is 270 g/mol. The highest BCUT2D eigenvalue weighted by Gasteiger charge is 2.13. The maximum Gasteiger partial charge on any atom is 0.00902 e. The van der Waals surface area contributed by atoms with Gasteiger partial charge in [0.2, 0.25) is 0 Å². The van der Waals surface area contributed by atoms with Crippen LogP contribution < -0.4 is 5.32 Å². The second-order valence-corrected chi connectivity index (χ2v) is 4.43. The number of rotatable bonds is 5. The molecule has 0 heterocycles. The van der Waals surface area contributed by atoms with Crippen molar-refractivity contribution in [3.8, 4) is 0 Å². The molecule has 2 atom stereocenters. The minimum absolute atomic E-state index is 0. The smallest absolute Gasteiger partial charge is 0.00902 e. The Morgan fingerprint density at radius 1 is 1.33 bits per heavy atom. The number of hydrogen-bond donors (Lipinski definition) is 1. The summed E-state index contributed by atoms with van der Waals surface area (Å²) in [4.78, 5) is 0. The first-order valence-electron chi connectivity index (χ1n) is 6.11. The zero-order valence-corrected chi connectivity index (χ0v) is 11.9. The van der Waals surface area contributed by atoms with Crippen LogP contribution in [0.2, 0.25) is 0 Å². The summed E-state index contributed by atoms with van der Waals surface area (Å²) in [5.74, 6) is 0.701. The molecule has 0 aliphatic heterocycles. The van der Waals surface area contributed by atoms with Crippen LogP contribution in [0.5, 0.6) is 0 Å². The predicted molar refractivity (Wildman–Crippen MR) is 85.2 cm³/mol. The summed E-state index contributed by atoms with van der Waals surface area (Å²) in [6.45, 7) is 7.68. The zero-order chi connectivity index (χ0) is 13.1. The summed E-state index contributed by atoms with van der Waals surface area (Å²) in [5, 5.41) is 3.37. The van der Waals surface area contributed by atoms with Gasteiger partial charge in [0, 0.05) is 6.04 Å². The van der Waals surface area contributed by atoms with E-state index < -0.39 is 0 Å². The summed E-state index contributed by atoms with van der Waals surface area (Å²) in [5.41, 5.74) is 2.66. The molecule has 1 N–H and O–H groups in total. The third-order valence-corrected chi connectivity index (χ3v) is 2.90. The normalized spacial score (nSPS) is 12.4. The number of nitrogens with one attached hydrogen (secondary N) is 1. The van der Waals surface area contributed by atoms with Gasteiger partial charge in [0.25, 0.3) is 0 Å². The molecule has 1 aromatic rings. The predicted octanol–water partition coefficient (Wildman–Crippen LogP) is 4.87. The van der Waals surface area contributed by atoms with Crippen molar-refractivity contribution in [1.29, 1.82) is 0 Å². The van der Waals surface area contributed by atoms with Gasteiger partial charge in [0.05, 0.1) is 0 Å². The molecule has 2 unspecified atom stereocenters. The fraction of sp³-hybridized carbons (Fsp3) is 0.500. The maximum atomic E-state index is 4.76. The van der Waals surface area contributed by atoms with E-state index in [2.05, 4.69) is 63.1 Å². The molecular weight excluding hydrogens is 242 g/mol. The van der Waals surface area contributed by atoms with Crippen LogP contribution in [0.15, 0.2) is 42.4 Å². The Morgan fingerprint density at radius 3 is 2.22 bits per heavy atom. The van der Waals surface area contributed by atoms with Gasteiger partial charge in [-0.2, -0.15) is 0 Å². The third-order valence-electron chi connectivity index (χ3n) is 2.90. The van der Waals surface area contributed by atoms with Crippen LogP contribution in [0.4, 0.5) is 0 Å². The third kappa shape index (κ3) is 8.32. The lowest BCUT2D eigenvalue weighted by Gasteiger charge is -2.22. The van der Waals surface area contributed by atoms with Gasteiger partial charge in [-0.05, 0) is 36.9 Å². The summed E-state index contributed by atoms with van der Waals surface area (Å²) in [7, 11) is 2.05. The van der Waals surface area contributed by atoms with E-state index in [0.29, 0.717) is 12.0 Å². The Bertz CT molecular complexity index is 280. The molecule has 0 saturated carbocycles. The first kappa shape index (κ1) is 19.5. The van der Waals surface area contributed by atoms with E-state index in [-0.39, 0.29) is 7.43 Å². The van der Waals surface area contributed by atoms with Crippen LogP contribution in [0, 0.1) is 5.92 Å². The Labute approximate surface area is 118 Å². The van der Waals surface area contributed by atoms with E-state index in [9.17, 15) is 0 Å². The Balaban J connectivity index is 0. The molecule has 104 valence electrons. The van der Waals surface area contributed by atoms with Crippen molar-refractivity contribution in [3.05, 3.63) is 48.0 Å². The number of halogens is 1. The van der Waals surface area contributed by atoms with Gasteiger partial charge in [-0.1, -0.05) is 69.8 Å². The van der Waals surface area contributed by atoms with E-state index in [4.69, 9.17) is 11.6 Å². The van der Waals surface area contributed by atoms with Gasteiger partial charge in [0.1, 0.15) is 0 Å². The topological polar surface area (TPSA) is 12.0 Å². The van der Waals surface area contributed by atoms with Crippen LogP contribution in [0.1, 0.15) is 33.3 Å². The lowest BCUT2D eigenvalue weighted by Crippen LogP contribution is -2.32. The molecule has 1 rings (SSSR count). The highest BCUT2D eigenvalue weighted by atomic mass is 35.5. The van der Waals surface area contributed by atoms with Crippen LogP contribution in [-0.4, -0.2) is 13.1 Å². The summed E-state index contributed by atoms with van der Waals surface area (Å²) in [6, 6.07) is 11.3. The molecule has 0 fully saturated rings. The van der Waals surface area contributed by atoms with Gasteiger partial charge in [-0.15, -0.1) is 0 Å². The second-order valence-electron chi connectivity index (χ2n) is 4.12. The van der Waals surface area contributed by atoms with Gasteiger partial charge in [-0.25, -0.2) is 0 Å². The van der Waals surface area contributed by atoms with Crippen molar-refractivity contribution in [2.24, 2.45) is 5.92 Å². The van der Waals surface area contributed by atoms with Crippen molar-refractivity contribution >= 4 is 11.6 Å². The standard InChI is InChI=1S/C13H21N.C2H3Cl.CH4/c1-4-13(14-3)11(2)10-12-8-6-5-7-9-12;1-2-3;/h5-9,11,13-14H,4,10H2,1-3H3;2H,1H2;1H4. The minimum Gasteiger partial charge on any atom is -0.317 e. The number of benzene rings is 1.